The van der Waals surface area contributed by atoms with Gasteiger partial charge in [-0.3, -0.25) is 0 Å². The summed E-state index contributed by atoms with van der Waals surface area (Å²) in [4.78, 5) is 10.8. The van der Waals surface area contributed by atoms with Gasteiger partial charge in [-0.15, -0.1) is 0 Å². The maximum atomic E-state index is 13.0. The van der Waals surface area contributed by atoms with E-state index in [1.807, 2.05) is 0 Å². The first-order chi connectivity index (χ1) is 8.54. The second-order valence-electron chi connectivity index (χ2n) is 3.49. The number of hydrogen-bond donors (Lipinski definition) is 1. The molecule has 0 saturated carbocycles. The molecule has 1 aromatic carbocycles. The molecule has 1 N–H and O–H groups in total. The fourth-order valence-electron chi connectivity index (χ4n) is 1.34. The van der Waals surface area contributed by atoms with Crippen molar-refractivity contribution in [1.29, 1.82) is 0 Å². The molecule has 0 fully saturated rings. The average molecular weight is 321 g/mol. The second kappa shape index (κ2) is 7.33. The van der Waals surface area contributed by atoms with Gasteiger partial charge in [-0.25, -0.2) is 9.18 Å². The van der Waals surface area contributed by atoms with Crippen LogP contribution in [0.25, 0.3) is 0 Å². The van der Waals surface area contributed by atoms with Gasteiger partial charge in [-0.05, 0) is 35.0 Å². The van der Waals surface area contributed by atoms with Gasteiger partial charge in [0.1, 0.15) is 11.6 Å². The van der Waals surface area contributed by atoms with Crippen LogP contribution in [-0.2, 0) is 9.53 Å². The summed E-state index contributed by atoms with van der Waals surface area (Å²) in [5.41, 5.74) is 0. The minimum Gasteiger partial charge on any atom is -0.492 e. The largest absolute Gasteiger partial charge is 0.492 e. The van der Waals surface area contributed by atoms with Crippen molar-refractivity contribution in [3.8, 4) is 5.75 Å². The van der Waals surface area contributed by atoms with Gasteiger partial charge in [0, 0.05) is 19.1 Å². The summed E-state index contributed by atoms with van der Waals surface area (Å²) >= 11 is 3.22. The summed E-state index contributed by atoms with van der Waals surface area (Å²) in [5, 5.41) is 8.85. The second-order valence-corrected chi connectivity index (χ2v) is 4.35. The zero-order chi connectivity index (χ0) is 13.5. The topological polar surface area (TPSA) is 55.8 Å². The standard InChI is InChI=1S/C12H14BrFO4/c1-2-17-10(12(15)16)5-6-18-11-7-8(14)3-4-9(11)13/h3-4,7,10H,2,5-6H2,1H3,(H,15,16). The minimum atomic E-state index is -1.03. The number of hydrogen-bond acceptors (Lipinski definition) is 3. The van der Waals surface area contributed by atoms with E-state index >= 15 is 0 Å². The molecule has 1 rings (SSSR count). The lowest BCUT2D eigenvalue weighted by molar-refractivity contribution is -0.150. The van der Waals surface area contributed by atoms with E-state index in [0.717, 1.165) is 0 Å². The lowest BCUT2D eigenvalue weighted by Crippen LogP contribution is -2.26. The lowest BCUT2D eigenvalue weighted by Gasteiger charge is -2.13. The third kappa shape index (κ3) is 4.62. The van der Waals surface area contributed by atoms with Crippen LogP contribution in [0.1, 0.15) is 13.3 Å². The molecular formula is C12H14BrFO4. The Balaban J connectivity index is 2.49. The molecule has 0 bridgehead atoms. The first-order valence-corrected chi connectivity index (χ1v) is 6.26. The Hall–Kier alpha value is -1.14. The Morgan fingerprint density at radius 2 is 2.28 bits per heavy atom. The van der Waals surface area contributed by atoms with Crippen LogP contribution in [0.5, 0.6) is 5.75 Å². The maximum absolute atomic E-state index is 13.0. The first-order valence-electron chi connectivity index (χ1n) is 5.46. The first kappa shape index (κ1) is 14.9. The van der Waals surface area contributed by atoms with E-state index in [0.29, 0.717) is 16.8 Å². The number of carbonyl (C=O) groups is 1. The smallest absolute Gasteiger partial charge is 0.332 e. The molecule has 1 unspecified atom stereocenters. The molecule has 100 valence electrons. The van der Waals surface area contributed by atoms with Crippen LogP contribution in [-0.4, -0.2) is 30.4 Å². The summed E-state index contributed by atoms with van der Waals surface area (Å²) in [6.07, 6.45) is -0.700. The number of benzene rings is 1. The SMILES string of the molecule is CCOC(CCOc1cc(F)ccc1Br)C(=O)O. The molecule has 4 nitrogen and oxygen atoms in total. The lowest BCUT2D eigenvalue weighted by atomic mass is 10.2. The van der Waals surface area contributed by atoms with Crippen molar-refractivity contribution >= 4 is 21.9 Å². The number of halogens is 2. The summed E-state index contributed by atoms with van der Waals surface area (Å²) in [6.45, 7) is 2.18. The van der Waals surface area contributed by atoms with E-state index in [-0.39, 0.29) is 13.0 Å². The van der Waals surface area contributed by atoms with Crippen LogP contribution in [0, 0.1) is 5.82 Å². The van der Waals surface area contributed by atoms with Crippen LogP contribution in [0.4, 0.5) is 4.39 Å². The van der Waals surface area contributed by atoms with Gasteiger partial charge in [0.05, 0.1) is 11.1 Å². The molecule has 6 heteroatoms. The fraction of sp³-hybridized carbons (Fsp3) is 0.417. The number of ether oxygens (including phenoxy) is 2. The molecule has 1 aromatic rings. The van der Waals surface area contributed by atoms with E-state index < -0.39 is 17.9 Å². The minimum absolute atomic E-state index is 0.138. The fourth-order valence-corrected chi connectivity index (χ4v) is 1.70. The molecule has 0 heterocycles. The van der Waals surface area contributed by atoms with Crippen LogP contribution >= 0.6 is 15.9 Å². The van der Waals surface area contributed by atoms with Crippen LogP contribution in [0.3, 0.4) is 0 Å². The molecule has 0 spiro atoms. The summed E-state index contributed by atoms with van der Waals surface area (Å²) in [6, 6.07) is 4.07. The van der Waals surface area contributed by atoms with E-state index in [1.54, 1.807) is 6.92 Å². The van der Waals surface area contributed by atoms with E-state index in [9.17, 15) is 9.18 Å². The van der Waals surface area contributed by atoms with Crippen molar-refractivity contribution in [3.63, 3.8) is 0 Å². The Morgan fingerprint density at radius 1 is 1.56 bits per heavy atom. The third-order valence-corrected chi connectivity index (χ3v) is 2.83. The van der Waals surface area contributed by atoms with E-state index in [2.05, 4.69) is 15.9 Å². The molecule has 0 aliphatic heterocycles. The highest BCUT2D eigenvalue weighted by Crippen LogP contribution is 2.25. The molecule has 0 amide bonds. The molecular weight excluding hydrogens is 307 g/mol. The van der Waals surface area contributed by atoms with Gasteiger partial charge in [-0.2, -0.15) is 0 Å². The van der Waals surface area contributed by atoms with Gasteiger partial charge in [0.15, 0.2) is 6.10 Å². The summed E-state index contributed by atoms with van der Waals surface area (Å²) < 4.78 is 23.9. The number of carboxylic acids is 1. The average Bonchev–Trinajstić information content (AvgIpc) is 2.32. The highest BCUT2D eigenvalue weighted by atomic mass is 79.9. The molecule has 18 heavy (non-hydrogen) atoms. The monoisotopic (exact) mass is 320 g/mol. The van der Waals surface area contributed by atoms with E-state index in [4.69, 9.17) is 14.6 Å². The zero-order valence-electron chi connectivity index (χ0n) is 9.86. The quantitative estimate of drug-likeness (QED) is 0.839. The molecule has 0 aliphatic rings. The maximum Gasteiger partial charge on any atom is 0.332 e. The van der Waals surface area contributed by atoms with Gasteiger partial charge >= 0.3 is 5.97 Å². The van der Waals surface area contributed by atoms with Crippen molar-refractivity contribution in [2.24, 2.45) is 0 Å². The van der Waals surface area contributed by atoms with Crippen LogP contribution in [0.2, 0.25) is 0 Å². The van der Waals surface area contributed by atoms with Crippen molar-refractivity contribution in [3.05, 3.63) is 28.5 Å². The molecule has 0 saturated heterocycles. The number of carboxylic acid groups (broad SMARTS) is 1. The number of rotatable bonds is 7. The van der Waals surface area contributed by atoms with Crippen molar-refractivity contribution < 1.29 is 23.8 Å². The van der Waals surface area contributed by atoms with Crippen molar-refractivity contribution in [2.45, 2.75) is 19.4 Å². The van der Waals surface area contributed by atoms with Crippen molar-refractivity contribution in [2.75, 3.05) is 13.2 Å². The predicted molar refractivity (Wildman–Crippen MR) is 67.3 cm³/mol. The summed E-state index contributed by atoms with van der Waals surface area (Å²) in [7, 11) is 0. The third-order valence-electron chi connectivity index (χ3n) is 2.17. The highest BCUT2D eigenvalue weighted by molar-refractivity contribution is 9.10. The van der Waals surface area contributed by atoms with E-state index in [1.165, 1.54) is 18.2 Å². The predicted octanol–water partition coefficient (Wildman–Crippen LogP) is 2.85. The van der Waals surface area contributed by atoms with Crippen LogP contribution in [0.15, 0.2) is 22.7 Å². The number of aliphatic carboxylic acids is 1. The molecule has 0 aliphatic carbocycles. The summed E-state index contributed by atoms with van der Waals surface area (Å²) in [5.74, 6) is -1.10. The Morgan fingerprint density at radius 3 is 2.89 bits per heavy atom. The van der Waals surface area contributed by atoms with Crippen LogP contribution < -0.4 is 4.74 Å². The Kier molecular flexibility index (Phi) is 6.07. The molecule has 1 atom stereocenters. The molecule has 0 aromatic heterocycles. The Labute approximate surface area is 113 Å². The van der Waals surface area contributed by atoms with Gasteiger partial charge < -0.3 is 14.6 Å². The van der Waals surface area contributed by atoms with Crippen molar-refractivity contribution in [1.82, 2.24) is 0 Å². The van der Waals surface area contributed by atoms with Gasteiger partial charge in [-0.1, -0.05) is 0 Å². The normalized spacial score (nSPS) is 12.2. The molecule has 0 radical (unpaired) electrons. The zero-order valence-corrected chi connectivity index (χ0v) is 11.4. The van der Waals surface area contributed by atoms with Gasteiger partial charge in [0.25, 0.3) is 0 Å². The Bertz CT molecular complexity index is 411. The highest BCUT2D eigenvalue weighted by Gasteiger charge is 2.17. The van der Waals surface area contributed by atoms with Gasteiger partial charge in [0.2, 0.25) is 0 Å².